The van der Waals surface area contributed by atoms with Gasteiger partial charge in [0.25, 0.3) is 0 Å². The molecule has 81 heavy (non-hydrogen) atoms. The third kappa shape index (κ3) is 26.4. The molecule has 1 aromatic rings. The van der Waals surface area contributed by atoms with Gasteiger partial charge in [0.2, 0.25) is 53.2 Å². The molecule has 28 N–H and O–H groups in total. The van der Waals surface area contributed by atoms with Crippen LogP contribution in [-0.2, 0) is 43.2 Å². The average Bonchev–Trinajstić information content (AvgIpc) is 3.37. The highest BCUT2D eigenvalue weighted by Crippen LogP contribution is 2.23. The maximum atomic E-state index is 14.1. The van der Waals surface area contributed by atoms with Crippen molar-refractivity contribution in [1.82, 2.24) is 52.5 Å². The Bertz CT molecular complexity index is 2450. The van der Waals surface area contributed by atoms with Gasteiger partial charge < -0.3 is 109 Å². The normalized spacial score (nSPS) is 14.3. The van der Waals surface area contributed by atoms with Gasteiger partial charge in [0.05, 0.1) is 25.9 Å². The van der Waals surface area contributed by atoms with E-state index in [1.807, 2.05) is 0 Å². The zero-order chi connectivity index (χ0) is 61.8. The average molecular weight is 1170 g/mol. The van der Waals surface area contributed by atoms with Crippen molar-refractivity contribution in [2.24, 2.45) is 66.9 Å². The number of nitrogens with one attached hydrogen (secondary N) is 9. The summed E-state index contributed by atoms with van der Waals surface area (Å²) >= 11 is 6.29. The van der Waals surface area contributed by atoms with Crippen LogP contribution in [-0.4, -0.2) is 190 Å². The first-order valence-corrected chi connectivity index (χ1v) is 25.6. The molecule has 0 aromatic carbocycles. The van der Waals surface area contributed by atoms with Crippen LogP contribution in [0.5, 0.6) is 0 Å². The number of nitrogen functional groups attached to an aromatic ring is 1. The Morgan fingerprint density at radius 2 is 0.963 bits per heavy atom. The fraction of sp³-hybridized carbons (Fsp3) is 0.622. The second-order valence-electron chi connectivity index (χ2n) is 19.1. The monoisotopic (exact) mass is 1170 g/mol. The number of nitrogens with zero attached hydrogens (tertiary/aromatic N) is 5. The number of aliphatic hydroxyl groups excluding tert-OH is 3. The fourth-order valence-electron chi connectivity index (χ4n) is 7.07. The van der Waals surface area contributed by atoms with E-state index in [4.69, 9.17) is 57.5 Å². The highest BCUT2D eigenvalue weighted by atomic mass is 35.5. The summed E-state index contributed by atoms with van der Waals surface area (Å²) in [6.45, 7) is 6.63. The number of aromatic nitrogens is 2. The van der Waals surface area contributed by atoms with Crippen molar-refractivity contribution < 1.29 is 63.3 Å². The number of rotatable bonds is 35. The Hall–Kier alpha value is -8.44. The number of aliphatic hydroxyl groups is 3. The summed E-state index contributed by atoms with van der Waals surface area (Å²) in [5.41, 5.74) is 42.8. The number of aliphatic imine (C=N–C) groups is 3. The zero-order valence-corrected chi connectivity index (χ0v) is 46.5. The number of hydrogen-bond donors (Lipinski definition) is 20. The van der Waals surface area contributed by atoms with Crippen LogP contribution in [0.3, 0.4) is 0 Å². The van der Waals surface area contributed by atoms with Gasteiger partial charge in [-0.15, -0.1) is 0 Å². The minimum Gasteiger partial charge on any atom is -0.394 e. The predicted octanol–water partition coefficient (Wildman–Crippen LogP) is -8.51. The molecular weight excluding hydrogens is 1090 g/mol. The summed E-state index contributed by atoms with van der Waals surface area (Å²) in [6, 6.07) is -12.2. The van der Waals surface area contributed by atoms with Gasteiger partial charge in [-0.1, -0.05) is 39.3 Å². The van der Waals surface area contributed by atoms with Gasteiger partial charge in [-0.25, -0.2) is 9.97 Å². The van der Waals surface area contributed by atoms with Crippen molar-refractivity contribution >= 4 is 100 Å². The van der Waals surface area contributed by atoms with Crippen molar-refractivity contribution in [3.63, 3.8) is 0 Å². The molecule has 1 rings (SSSR count). The van der Waals surface area contributed by atoms with Gasteiger partial charge >= 0.3 is 5.91 Å². The number of guanidine groups is 3. The van der Waals surface area contributed by atoms with Crippen molar-refractivity contribution in [3.05, 3.63) is 10.8 Å². The number of carbonyl (C=O) groups is 10. The molecule has 36 heteroatoms. The topological polar surface area (TPSA) is 611 Å². The SMILES string of the molecule is CC(C)C[C@H](NC(=O)[C@H](CO)NC(=O)[C@H](CCCN=C(N)N)Nc1nc(N)c(C(=O)N=C(N)N)nc1Cl)C(=O)N[C@@H](CO)C(=O)N[C@@H](CCCN=C(N)N)C(=O)N[C@H](CC(C)C)C(=O)N[C@H](C(=O)N[C@@H](C)C(=O)NCC(N)=O)[C@@H](C)O. The van der Waals surface area contributed by atoms with Crippen molar-refractivity contribution in [3.8, 4) is 0 Å². The van der Waals surface area contributed by atoms with Gasteiger partial charge in [0, 0.05) is 13.1 Å². The summed E-state index contributed by atoms with van der Waals surface area (Å²) in [7, 11) is 0. The van der Waals surface area contributed by atoms with E-state index in [2.05, 4.69) is 72.8 Å². The standard InChI is InChI=1S/C45H79ClN22O13/c1-18(2)13-24(62-40(79)27(17-70)63-35(74)22(9-7-11-55-43(49)50)59-33-31(46)65-30(32(48)67-33)42(81)68-45(53)54)37(76)64-26(16-69)39(78)60-23(10-8-12-56-44(51)52)36(75)61-25(14-19(3)4)38(77)66-29(21(6)71)41(80)58-20(5)34(73)57-15-28(47)72/h18-27,29,69-71H,7-17H2,1-6H3,(H2,47,72)(H,57,73)(H,58,80)(H,60,78)(H,61,75)(H,62,79)(H,63,74)(H,64,76)(H,66,77)(H3,48,59,67)(H4,49,50,55)(H4,51,52,56)(H4,53,54,68,81)/t20-,21+,22-,23-,24-,25+,26-,27-,29-/m0/s1. The smallest absolute Gasteiger partial charge is 0.302 e. The van der Waals surface area contributed by atoms with Crippen LogP contribution in [0.25, 0.3) is 0 Å². The Labute approximate surface area is 470 Å². The lowest BCUT2D eigenvalue weighted by Gasteiger charge is -2.28. The summed E-state index contributed by atoms with van der Waals surface area (Å²) in [5.74, 6) is -12.4. The number of amides is 10. The van der Waals surface area contributed by atoms with E-state index in [9.17, 15) is 63.3 Å². The number of nitrogens with two attached hydrogens (primary N) is 8. The molecule has 0 saturated heterocycles. The molecule has 0 bridgehead atoms. The van der Waals surface area contributed by atoms with Crippen LogP contribution < -0.4 is 93.7 Å². The highest BCUT2D eigenvalue weighted by molar-refractivity contribution is 6.32. The molecule has 1 aromatic heterocycles. The quantitative estimate of drug-likeness (QED) is 0.0170. The molecule has 0 radical (unpaired) electrons. The summed E-state index contributed by atoms with van der Waals surface area (Å²) in [5, 5.41) is 52.5. The lowest BCUT2D eigenvalue weighted by atomic mass is 10.0. The van der Waals surface area contributed by atoms with Gasteiger partial charge in [0.1, 0.15) is 48.3 Å². The summed E-state index contributed by atoms with van der Waals surface area (Å²) in [4.78, 5) is 151. The maximum absolute atomic E-state index is 14.1. The molecule has 0 unspecified atom stereocenters. The number of halogens is 1. The van der Waals surface area contributed by atoms with Gasteiger partial charge in [-0.2, -0.15) is 4.99 Å². The van der Waals surface area contributed by atoms with E-state index in [0.717, 1.165) is 0 Å². The number of primary amides is 1. The minimum atomic E-state index is -1.79. The summed E-state index contributed by atoms with van der Waals surface area (Å²) in [6.07, 6.45) is -1.78. The van der Waals surface area contributed by atoms with E-state index in [1.54, 1.807) is 27.7 Å². The van der Waals surface area contributed by atoms with E-state index in [0.29, 0.717) is 0 Å². The molecule has 10 amide bonds. The Morgan fingerprint density at radius 1 is 0.543 bits per heavy atom. The molecule has 0 fully saturated rings. The van der Waals surface area contributed by atoms with Crippen molar-refractivity contribution in [2.45, 2.75) is 135 Å². The first kappa shape index (κ1) is 70.6. The maximum Gasteiger partial charge on any atom is 0.302 e. The number of carbonyl (C=O) groups excluding carboxylic acids is 10. The van der Waals surface area contributed by atoms with Crippen LogP contribution in [0.15, 0.2) is 15.0 Å². The van der Waals surface area contributed by atoms with E-state index >= 15 is 0 Å². The Balaban J connectivity index is 3.44. The summed E-state index contributed by atoms with van der Waals surface area (Å²) < 4.78 is 0. The first-order valence-electron chi connectivity index (χ1n) is 25.2. The molecule has 9 atom stereocenters. The van der Waals surface area contributed by atoms with Crippen LogP contribution >= 0.6 is 11.6 Å². The lowest BCUT2D eigenvalue weighted by Crippen LogP contribution is -2.62. The third-order valence-electron chi connectivity index (χ3n) is 11.0. The van der Waals surface area contributed by atoms with E-state index in [-0.39, 0.29) is 81.2 Å². The molecule has 0 aliphatic rings. The van der Waals surface area contributed by atoms with Gasteiger partial charge in [0.15, 0.2) is 40.4 Å². The first-order chi connectivity index (χ1) is 37.8. The number of anilines is 2. The van der Waals surface area contributed by atoms with E-state index in [1.165, 1.54) is 13.8 Å². The fourth-order valence-corrected chi connectivity index (χ4v) is 7.25. The van der Waals surface area contributed by atoms with Gasteiger partial charge in [-0.05, 0) is 64.2 Å². The second-order valence-corrected chi connectivity index (χ2v) is 19.5. The van der Waals surface area contributed by atoms with Crippen LogP contribution in [0.4, 0.5) is 11.6 Å². The molecule has 454 valence electrons. The molecule has 0 saturated carbocycles. The molecule has 35 nitrogen and oxygen atoms in total. The molecule has 0 aliphatic heterocycles. The van der Waals surface area contributed by atoms with Gasteiger partial charge in [-0.3, -0.25) is 57.9 Å². The highest BCUT2D eigenvalue weighted by Gasteiger charge is 2.36. The minimum absolute atomic E-state index is 0.0260. The van der Waals surface area contributed by atoms with Crippen LogP contribution in [0.2, 0.25) is 5.15 Å². The Morgan fingerprint density at radius 3 is 1.40 bits per heavy atom. The number of hydrogen-bond acceptors (Lipinski definition) is 19. The van der Waals surface area contributed by atoms with Crippen molar-refractivity contribution in [2.75, 3.05) is 43.9 Å². The lowest BCUT2D eigenvalue weighted by molar-refractivity contribution is -0.137. The van der Waals surface area contributed by atoms with Crippen molar-refractivity contribution in [1.29, 1.82) is 0 Å². The third-order valence-corrected chi connectivity index (χ3v) is 11.3. The predicted molar refractivity (Wildman–Crippen MR) is 295 cm³/mol. The second kappa shape index (κ2) is 35.2. The van der Waals surface area contributed by atoms with E-state index < -0.39 is 156 Å². The molecule has 0 spiro atoms. The molecular formula is C45H79ClN22O13. The van der Waals surface area contributed by atoms with Crippen LogP contribution in [0, 0.1) is 11.8 Å². The Kier molecular flexibility index (Phi) is 30.7. The zero-order valence-electron chi connectivity index (χ0n) is 45.8. The molecule has 1 heterocycles. The largest absolute Gasteiger partial charge is 0.394 e. The molecule has 0 aliphatic carbocycles. The van der Waals surface area contributed by atoms with Crippen LogP contribution in [0.1, 0.15) is 90.6 Å².